The van der Waals surface area contributed by atoms with E-state index in [4.69, 9.17) is 4.42 Å². The molecule has 0 aliphatic heterocycles. The minimum atomic E-state index is 0.885. The van der Waals surface area contributed by atoms with E-state index >= 15 is 0 Å². The fourth-order valence-electron chi connectivity index (χ4n) is 9.05. The van der Waals surface area contributed by atoms with E-state index in [-0.39, 0.29) is 0 Å². The average Bonchev–Trinajstić information content (AvgIpc) is 3.82. The molecule has 0 N–H and O–H groups in total. The van der Waals surface area contributed by atoms with Crippen molar-refractivity contribution in [2.45, 2.75) is 0 Å². The van der Waals surface area contributed by atoms with Crippen LogP contribution in [0.1, 0.15) is 0 Å². The summed E-state index contributed by atoms with van der Waals surface area (Å²) in [6.45, 7) is 0. The monoisotopic (exact) mass is 726 g/mol. The van der Waals surface area contributed by atoms with Crippen molar-refractivity contribution in [1.82, 2.24) is 4.57 Å². The summed E-state index contributed by atoms with van der Waals surface area (Å²) in [7, 11) is 0. The molecule has 0 aliphatic rings. The molecular weight excluding hydrogens is 693 g/mol. The van der Waals surface area contributed by atoms with Crippen LogP contribution in [0, 0.1) is 0 Å². The smallest absolute Gasteiger partial charge is 0.135 e. The Balaban J connectivity index is 1.02. The molecule has 0 aliphatic carbocycles. The van der Waals surface area contributed by atoms with Gasteiger partial charge in [-0.1, -0.05) is 133 Å². The molecule has 0 saturated heterocycles. The third kappa shape index (κ3) is 4.99. The van der Waals surface area contributed by atoms with Gasteiger partial charge in [-0.2, -0.15) is 0 Å². The van der Waals surface area contributed by atoms with Gasteiger partial charge in [-0.25, -0.2) is 0 Å². The molecule has 0 spiro atoms. The molecule has 2 aromatic heterocycles. The van der Waals surface area contributed by atoms with Gasteiger partial charge in [0.25, 0.3) is 0 Å². The topological polar surface area (TPSA) is 21.3 Å². The number of fused-ring (bicyclic) bond motifs is 10. The first-order valence-corrected chi connectivity index (χ1v) is 19.5. The van der Waals surface area contributed by atoms with E-state index in [0.717, 1.165) is 39.0 Å². The Morgan fingerprint density at radius 3 is 1.82 bits per heavy atom. The fraction of sp³-hybridized carbons (Fsp3) is 0. The van der Waals surface area contributed by atoms with Crippen molar-refractivity contribution in [1.29, 1.82) is 0 Å². The summed E-state index contributed by atoms with van der Waals surface area (Å²) >= 11 is 0. The Bertz CT molecular complexity index is 3530. The van der Waals surface area contributed by atoms with Gasteiger partial charge in [-0.05, 0) is 111 Å². The molecule has 12 rings (SSSR count). The molecule has 3 heteroatoms. The molecule has 0 amide bonds. The molecule has 0 fully saturated rings. The van der Waals surface area contributed by atoms with Crippen molar-refractivity contribution in [2.24, 2.45) is 0 Å². The first kappa shape index (κ1) is 31.7. The van der Waals surface area contributed by atoms with Gasteiger partial charge in [0.05, 0.1) is 16.7 Å². The fourth-order valence-corrected chi connectivity index (χ4v) is 9.05. The lowest BCUT2D eigenvalue weighted by Gasteiger charge is -2.28. The van der Waals surface area contributed by atoms with Crippen molar-refractivity contribution in [3.63, 3.8) is 0 Å². The molecule has 266 valence electrons. The van der Waals surface area contributed by atoms with Crippen LogP contribution in [0.25, 0.3) is 92.9 Å². The molecule has 0 unspecified atom stereocenters. The van der Waals surface area contributed by atoms with Crippen molar-refractivity contribution in [3.05, 3.63) is 206 Å². The molecule has 12 aromatic rings. The second-order valence-electron chi connectivity index (χ2n) is 14.9. The maximum atomic E-state index is 6.27. The van der Waals surface area contributed by atoms with Crippen molar-refractivity contribution >= 4 is 93.1 Å². The Hall–Kier alpha value is -7.62. The number of para-hydroxylation sites is 2. The molecule has 0 saturated carbocycles. The summed E-state index contributed by atoms with van der Waals surface area (Å²) in [5.74, 6) is 0. The van der Waals surface area contributed by atoms with E-state index in [1.54, 1.807) is 0 Å². The summed E-state index contributed by atoms with van der Waals surface area (Å²) in [4.78, 5) is 2.40. The standard InChI is InChI=1S/C54H34N2O/c1-2-12-37-31-41(27-23-35(37)11-1)56-50-19-9-7-17-46(50)48-32-38(24-29-51(48)56)36-21-25-40(26-22-36)55(42-28-30-54-49(34-42)47-18-8-10-20-53(47)57-54)52-33-39-13-3-4-14-43(39)44-15-5-6-16-45(44)52/h1-34H. The third-order valence-corrected chi connectivity index (χ3v) is 11.7. The van der Waals surface area contributed by atoms with Gasteiger partial charge in [0, 0.05) is 44.0 Å². The number of nitrogens with zero attached hydrogens (tertiary/aromatic N) is 2. The average molecular weight is 727 g/mol. The lowest BCUT2D eigenvalue weighted by Crippen LogP contribution is -2.10. The molecule has 0 bridgehead atoms. The molecular formula is C54H34N2O. The van der Waals surface area contributed by atoms with E-state index in [1.165, 1.54) is 70.9 Å². The second-order valence-corrected chi connectivity index (χ2v) is 14.9. The number of benzene rings is 10. The highest BCUT2D eigenvalue weighted by atomic mass is 16.3. The lowest BCUT2D eigenvalue weighted by molar-refractivity contribution is 0.669. The van der Waals surface area contributed by atoms with E-state index in [1.807, 2.05) is 12.1 Å². The minimum Gasteiger partial charge on any atom is -0.456 e. The van der Waals surface area contributed by atoms with E-state index in [9.17, 15) is 0 Å². The molecule has 2 heterocycles. The molecule has 10 aromatic carbocycles. The van der Waals surface area contributed by atoms with Crippen LogP contribution >= 0.6 is 0 Å². The maximum absolute atomic E-state index is 6.27. The number of hydrogen-bond acceptors (Lipinski definition) is 2. The van der Waals surface area contributed by atoms with Gasteiger partial charge >= 0.3 is 0 Å². The molecule has 0 radical (unpaired) electrons. The van der Waals surface area contributed by atoms with Crippen LogP contribution in [0.2, 0.25) is 0 Å². The van der Waals surface area contributed by atoms with Crippen molar-refractivity contribution in [2.75, 3.05) is 4.90 Å². The van der Waals surface area contributed by atoms with Gasteiger partial charge in [0.1, 0.15) is 11.2 Å². The first-order valence-electron chi connectivity index (χ1n) is 19.5. The minimum absolute atomic E-state index is 0.885. The second kappa shape index (κ2) is 12.5. The summed E-state index contributed by atoms with van der Waals surface area (Å²) in [6.07, 6.45) is 0. The zero-order valence-corrected chi connectivity index (χ0v) is 30.9. The van der Waals surface area contributed by atoms with Gasteiger partial charge < -0.3 is 13.9 Å². The maximum Gasteiger partial charge on any atom is 0.135 e. The number of rotatable bonds is 5. The van der Waals surface area contributed by atoms with Crippen LogP contribution in [-0.2, 0) is 0 Å². The predicted octanol–water partition coefficient (Wildman–Crippen LogP) is 15.3. The summed E-state index contributed by atoms with van der Waals surface area (Å²) < 4.78 is 8.67. The van der Waals surface area contributed by atoms with Crippen LogP contribution in [-0.4, -0.2) is 4.57 Å². The van der Waals surface area contributed by atoms with Gasteiger partial charge in [0.2, 0.25) is 0 Å². The van der Waals surface area contributed by atoms with E-state index in [2.05, 4.69) is 204 Å². The van der Waals surface area contributed by atoms with Crippen LogP contribution < -0.4 is 4.90 Å². The normalized spacial score (nSPS) is 11.9. The van der Waals surface area contributed by atoms with Crippen LogP contribution in [0.4, 0.5) is 17.1 Å². The largest absolute Gasteiger partial charge is 0.456 e. The Morgan fingerprint density at radius 1 is 0.333 bits per heavy atom. The number of hydrogen-bond donors (Lipinski definition) is 0. The Morgan fingerprint density at radius 2 is 0.965 bits per heavy atom. The lowest BCUT2D eigenvalue weighted by atomic mass is 9.98. The van der Waals surface area contributed by atoms with Crippen molar-refractivity contribution < 1.29 is 4.42 Å². The van der Waals surface area contributed by atoms with E-state index in [0.29, 0.717) is 0 Å². The highest BCUT2D eigenvalue weighted by Crippen LogP contribution is 2.44. The highest BCUT2D eigenvalue weighted by Gasteiger charge is 2.20. The van der Waals surface area contributed by atoms with Crippen LogP contribution in [0.5, 0.6) is 0 Å². The molecule has 0 atom stereocenters. The quantitative estimate of drug-likeness (QED) is 0.165. The van der Waals surface area contributed by atoms with Crippen LogP contribution in [0.15, 0.2) is 211 Å². The number of furan rings is 1. The van der Waals surface area contributed by atoms with E-state index < -0.39 is 0 Å². The SMILES string of the molecule is c1ccc2cc(-n3c4ccccc4c4cc(-c5ccc(N(c6ccc7oc8ccccc8c7c6)c6cc7ccccc7c7ccccc67)cc5)ccc43)ccc2c1. The highest BCUT2D eigenvalue weighted by molar-refractivity contribution is 6.15. The molecule has 57 heavy (non-hydrogen) atoms. The van der Waals surface area contributed by atoms with Gasteiger partial charge in [0.15, 0.2) is 0 Å². The number of anilines is 3. The van der Waals surface area contributed by atoms with Gasteiger partial charge in [-0.3, -0.25) is 0 Å². The third-order valence-electron chi connectivity index (χ3n) is 11.7. The van der Waals surface area contributed by atoms with Crippen molar-refractivity contribution in [3.8, 4) is 16.8 Å². The zero-order chi connectivity index (χ0) is 37.5. The Kier molecular flexibility index (Phi) is 6.93. The zero-order valence-electron chi connectivity index (χ0n) is 30.9. The predicted molar refractivity (Wildman–Crippen MR) is 241 cm³/mol. The molecule has 3 nitrogen and oxygen atoms in total. The van der Waals surface area contributed by atoms with Gasteiger partial charge in [-0.15, -0.1) is 0 Å². The van der Waals surface area contributed by atoms with Crippen LogP contribution in [0.3, 0.4) is 0 Å². The summed E-state index contributed by atoms with van der Waals surface area (Å²) in [6, 6.07) is 74.7. The summed E-state index contributed by atoms with van der Waals surface area (Å²) in [5.41, 5.74) is 11.0. The Labute approximate surface area is 328 Å². The first-order chi connectivity index (χ1) is 28.2. The summed E-state index contributed by atoms with van der Waals surface area (Å²) in [5, 5.41) is 12.1. The number of aromatic nitrogens is 1.